The third kappa shape index (κ3) is 1.69. The van der Waals surface area contributed by atoms with E-state index in [0.29, 0.717) is 13.0 Å². The topological polar surface area (TPSA) is 82.7 Å². The van der Waals surface area contributed by atoms with Gasteiger partial charge < -0.3 is 14.6 Å². The molecule has 24 heavy (non-hydrogen) atoms. The maximum atomic E-state index is 13.0. The molecule has 0 saturated carbocycles. The number of amides is 3. The summed E-state index contributed by atoms with van der Waals surface area (Å²) in [6.07, 6.45) is 0.667. The number of benzene rings is 1. The SMILES string of the molecule is COC(=O)CN1C(=O)N2CCc3c([nH]c4ccccc34)[C@@]2(C)C1=O. The van der Waals surface area contributed by atoms with Crippen LogP contribution in [0.1, 0.15) is 18.2 Å². The Kier molecular flexibility index (Phi) is 2.97. The molecule has 3 heterocycles. The summed E-state index contributed by atoms with van der Waals surface area (Å²) in [6.45, 7) is 1.81. The second-order valence-electron chi connectivity index (χ2n) is 6.25. The van der Waals surface area contributed by atoms with Crippen molar-refractivity contribution in [2.24, 2.45) is 0 Å². The van der Waals surface area contributed by atoms with E-state index >= 15 is 0 Å². The van der Waals surface area contributed by atoms with Gasteiger partial charge in [0.2, 0.25) is 0 Å². The van der Waals surface area contributed by atoms with E-state index in [-0.39, 0.29) is 6.54 Å². The van der Waals surface area contributed by atoms with Crippen LogP contribution in [0.3, 0.4) is 0 Å². The number of rotatable bonds is 2. The molecule has 4 rings (SSSR count). The minimum absolute atomic E-state index is 0.365. The molecular formula is C17H17N3O4. The number of urea groups is 1. The number of para-hydroxylation sites is 1. The normalized spacial score (nSPS) is 22.8. The molecule has 1 N–H and O–H groups in total. The number of aromatic amines is 1. The predicted octanol–water partition coefficient (Wildman–Crippen LogP) is 1.38. The van der Waals surface area contributed by atoms with Crippen LogP contribution in [0, 0.1) is 0 Å². The van der Waals surface area contributed by atoms with E-state index in [2.05, 4.69) is 9.72 Å². The van der Waals surface area contributed by atoms with Crippen molar-refractivity contribution in [3.05, 3.63) is 35.5 Å². The lowest BCUT2D eigenvalue weighted by molar-refractivity contribution is -0.145. The van der Waals surface area contributed by atoms with Gasteiger partial charge in [0.05, 0.1) is 12.8 Å². The van der Waals surface area contributed by atoms with Gasteiger partial charge in [-0.2, -0.15) is 0 Å². The molecule has 2 aliphatic rings. The zero-order chi connectivity index (χ0) is 17.1. The van der Waals surface area contributed by atoms with Gasteiger partial charge in [-0.3, -0.25) is 14.5 Å². The van der Waals surface area contributed by atoms with Gasteiger partial charge in [0.25, 0.3) is 5.91 Å². The van der Waals surface area contributed by atoms with Crippen LogP contribution in [0.2, 0.25) is 0 Å². The van der Waals surface area contributed by atoms with Crippen molar-refractivity contribution in [3.8, 4) is 0 Å². The smallest absolute Gasteiger partial charge is 0.328 e. The molecule has 124 valence electrons. The summed E-state index contributed by atoms with van der Waals surface area (Å²) < 4.78 is 4.60. The maximum Gasteiger partial charge on any atom is 0.328 e. The molecule has 7 nitrogen and oxygen atoms in total. The predicted molar refractivity (Wildman–Crippen MR) is 85.2 cm³/mol. The molecule has 0 radical (unpaired) electrons. The summed E-state index contributed by atoms with van der Waals surface area (Å²) in [4.78, 5) is 43.0. The number of fused-ring (bicyclic) bond motifs is 5. The lowest BCUT2D eigenvalue weighted by atomic mass is 9.87. The van der Waals surface area contributed by atoms with Crippen molar-refractivity contribution in [1.82, 2.24) is 14.8 Å². The van der Waals surface area contributed by atoms with Crippen molar-refractivity contribution in [2.45, 2.75) is 18.9 Å². The first-order valence-electron chi connectivity index (χ1n) is 7.79. The first kappa shape index (κ1) is 14.7. The summed E-state index contributed by atoms with van der Waals surface area (Å²) in [6, 6.07) is 7.40. The van der Waals surface area contributed by atoms with E-state index in [1.54, 1.807) is 6.92 Å². The van der Waals surface area contributed by atoms with Gasteiger partial charge in [-0.1, -0.05) is 18.2 Å². The fourth-order valence-corrected chi connectivity index (χ4v) is 3.80. The van der Waals surface area contributed by atoms with Gasteiger partial charge in [0.15, 0.2) is 5.54 Å². The lowest BCUT2D eigenvalue weighted by Crippen LogP contribution is -2.49. The third-order valence-corrected chi connectivity index (χ3v) is 5.06. The number of nitrogens with zero attached hydrogens (tertiary/aromatic N) is 2. The number of nitrogens with one attached hydrogen (secondary N) is 1. The van der Waals surface area contributed by atoms with Crippen LogP contribution in [0.15, 0.2) is 24.3 Å². The summed E-state index contributed by atoms with van der Waals surface area (Å²) in [5.74, 6) is -1.01. The van der Waals surface area contributed by atoms with Crippen LogP contribution < -0.4 is 0 Å². The average Bonchev–Trinajstić information content (AvgIpc) is 3.05. The number of imide groups is 1. The third-order valence-electron chi connectivity index (χ3n) is 5.06. The standard InChI is InChI=1S/C17H17N3O4/c1-17-14-11(10-5-3-4-6-12(10)18-14)7-8-20(17)16(23)19(15(17)22)9-13(21)24-2/h3-6,18H,7-9H2,1-2H3/t17-/m0/s1. The Balaban J connectivity index is 1.85. The summed E-state index contributed by atoms with van der Waals surface area (Å²) in [5, 5.41) is 1.07. The Morgan fingerprint density at radius 3 is 2.83 bits per heavy atom. The molecule has 0 bridgehead atoms. The molecule has 0 spiro atoms. The molecule has 0 unspecified atom stereocenters. The number of carbonyl (C=O) groups excluding carboxylic acids is 3. The molecule has 2 aliphatic heterocycles. The van der Waals surface area contributed by atoms with E-state index in [9.17, 15) is 14.4 Å². The Hall–Kier alpha value is -2.83. The first-order valence-corrected chi connectivity index (χ1v) is 7.79. The highest BCUT2D eigenvalue weighted by atomic mass is 16.5. The van der Waals surface area contributed by atoms with Crippen LogP contribution in [0.5, 0.6) is 0 Å². The number of methoxy groups -OCH3 is 1. The fourth-order valence-electron chi connectivity index (χ4n) is 3.80. The number of carbonyl (C=O) groups is 3. The largest absolute Gasteiger partial charge is 0.468 e. The summed E-state index contributed by atoms with van der Waals surface area (Å²) in [7, 11) is 1.23. The quantitative estimate of drug-likeness (QED) is 0.667. The van der Waals surface area contributed by atoms with Crippen LogP contribution in [0.4, 0.5) is 4.79 Å². The number of hydrogen-bond acceptors (Lipinski definition) is 4. The van der Waals surface area contributed by atoms with Crippen molar-refractivity contribution < 1.29 is 19.1 Å². The van der Waals surface area contributed by atoms with Gasteiger partial charge in [0.1, 0.15) is 6.54 Å². The highest BCUT2D eigenvalue weighted by Crippen LogP contribution is 2.43. The molecule has 1 saturated heterocycles. The van der Waals surface area contributed by atoms with Gasteiger partial charge in [-0.15, -0.1) is 0 Å². The highest BCUT2D eigenvalue weighted by Gasteiger charge is 2.58. The maximum absolute atomic E-state index is 13.0. The van der Waals surface area contributed by atoms with Gasteiger partial charge >= 0.3 is 12.0 Å². The Bertz CT molecular complexity index is 887. The van der Waals surface area contributed by atoms with Crippen molar-refractivity contribution in [2.75, 3.05) is 20.2 Å². The molecular weight excluding hydrogens is 310 g/mol. The van der Waals surface area contributed by atoms with Crippen LogP contribution in [-0.4, -0.2) is 52.9 Å². The van der Waals surface area contributed by atoms with Gasteiger partial charge in [-0.05, 0) is 25.0 Å². The summed E-state index contributed by atoms with van der Waals surface area (Å²) >= 11 is 0. The molecule has 1 aromatic heterocycles. The number of ether oxygens (including phenoxy) is 1. The van der Waals surface area contributed by atoms with E-state index in [1.165, 1.54) is 12.0 Å². The molecule has 0 aliphatic carbocycles. The molecule has 2 aromatic rings. The zero-order valence-electron chi connectivity index (χ0n) is 13.5. The lowest BCUT2D eigenvalue weighted by Gasteiger charge is -2.36. The molecule has 3 amide bonds. The van der Waals surface area contributed by atoms with Gasteiger partial charge in [0, 0.05) is 17.4 Å². The van der Waals surface area contributed by atoms with Gasteiger partial charge in [-0.25, -0.2) is 4.79 Å². The van der Waals surface area contributed by atoms with Crippen molar-refractivity contribution >= 4 is 28.8 Å². The average molecular weight is 327 g/mol. The molecule has 7 heteroatoms. The Labute approximate surface area is 138 Å². The number of H-pyrrole nitrogens is 1. The Morgan fingerprint density at radius 2 is 2.08 bits per heavy atom. The van der Waals surface area contributed by atoms with E-state index in [0.717, 1.165) is 27.1 Å². The minimum Gasteiger partial charge on any atom is -0.468 e. The second kappa shape index (κ2) is 4.83. The fraction of sp³-hybridized carbons (Fsp3) is 0.353. The second-order valence-corrected chi connectivity index (χ2v) is 6.25. The monoisotopic (exact) mass is 327 g/mol. The van der Waals surface area contributed by atoms with E-state index < -0.39 is 23.4 Å². The van der Waals surface area contributed by atoms with Crippen molar-refractivity contribution in [1.29, 1.82) is 0 Å². The van der Waals surface area contributed by atoms with Crippen LogP contribution >= 0.6 is 0 Å². The van der Waals surface area contributed by atoms with E-state index in [4.69, 9.17) is 0 Å². The van der Waals surface area contributed by atoms with Crippen molar-refractivity contribution in [3.63, 3.8) is 0 Å². The molecule has 1 atom stereocenters. The van der Waals surface area contributed by atoms with Crippen LogP contribution in [-0.2, 0) is 26.3 Å². The minimum atomic E-state index is -1.11. The molecule has 1 fully saturated rings. The first-order chi connectivity index (χ1) is 11.5. The highest BCUT2D eigenvalue weighted by molar-refractivity contribution is 6.09. The number of hydrogen-bond donors (Lipinski definition) is 1. The number of esters is 1. The summed E-state index contributed by atoms with van der Waals surface area (Å²) in [5.41, 5.74) is 1.63. The van der Waals surface area contributed by atoms with E-state index in [1.807, 2.05) is 24.3 Å². The zero-order valence-corrected chi connectivity index (χ0v) is 13.5. The van der Waals surface area contributed by atoms with Crippen LogP contribution in [0.25, 0.3) is 10.9 Å². The number of aromatic nitrogens is 1. The molecule has 1 aromatic carbocycles. The Morgan fingerprint density at radius 1 is 1.33 bits per heavy atom.